The third-order valence-electron chi connectivity index (χ3n) is 4.18. The van der Waals surface area contributed by atoms with Crippen molar-refractivity contribution < 1.29 is 4.79 Å². The molecule has 5 heteroatoms. The molecule has 0 radical (unpaired) electrons. The largest absolute Gasteiger partial charge is 0.353 e. The summed E-state index contributed by atoms with van der Waals surface area (Å²) in [7, 11) is 0. The zero-order valence-corrected chi connectivity index (χ0v) is 13.0. The summed E-state index contributed by atoms with van der Waals surface area (Å²) in [5.41, 5.74) is 5.37. The number of nitrogens with zero attached hydrogens (tertiary/aromatic N) is 1. The lowest BCUT2D eigenvalue weighted by Crippen LogP contribution is -2.34. The van der Waals surface area contributed by atoms with Crippen molar-refractivity contribution in [2.75, 3.05) is 5.43 Å². The number of aromatic nitrogens is 2. The van der Waals surface area contributed by atoms with Crippen molar-refractivity contribution in [1.29, 1.82) is 0 Å². The SMILES string of the molecule is Cc1c2[nH]c3ccccc3c2cc(=O)n1NC(=O)c1ccccc1. The molecule has 1 amide bonds. The lowest BCUT2D eigenvalue weighted by molar-refractivity contribution is 0.101. The number of hydrogen-bond donors (Lipinski definition) is 2. The molecule has 0 spiro atoms. The number of aryl methyl sites for hydroxylation is 1. The first-order valence-electron chi connectivity index (χ1n) is 7.64. The molecule has 118 valence electrons. The van der Waals surface area contributed by atoms with Gasteiger partial charge in [-0.1, -0.05) is 36.4 Å². The van der Waals surface area contributed by atoms with Gasteiger partial charge in [-0.3, -0.25) is 15.0 Å². The van der Waals surface area contributed by atoms with Crippen LogP contribution in [0.3, 0.4) is 0 Å². The molecule has 4 rings (SSSR count). The van der Waals surface area contributed by atoms with Crippen molar-refractivity contribution in [2.24, 2.45) is 0 Å². The molecular formula is C19H15N3O2. The molecule has 0 aliphatic heterocycles. The normalized spacial score (nSPS) is 11.0. The fourth-order valence-electron chi connectivity index (χ4n) is 2.96. The Morgan fingerprint density at radius 1 is 1.00 bits per heavy atom. The second kappa shape index (κ2) is 5.38. The summed E-state index contributed by atoms with van der Waals surface area (Å²) in [4.78, 5) is 28.2. The van der Waals surface area contributed by atoms with E-state index in [9.17, 15) is 9.59 Å². The predicted octanol–water partition coefficient (Wildman–Crippen LogP) is 3.18. The van der Waals surface area contributed by atoms with Gasteiger partial charge in [0.15, 0.2) is 0 Å². The quantitative estimate of drug-likeness (QED) is 0.596. The standard InChI is InChI=1S/C19H15N3O2/c1-12-18-15(14-9-5-6-10-16(14)20-18)11-17(23)22(12)21-19(24)13-7-3-2-4-8-13/h2-11,20H,1H3,(H,21,24). The number of carbonyl (C=O) groups is 1. The molecule has 0 saturated carbocycles. The van der Waals surface area contributed by atoms with Crippen molar-refractivity contribution in [1.82, 2.24) is 9.66 Å². The third kappa shape index (κ3) is 2.18. The maximum absolute atomic E-state index is 12.5. The molecule has 0 aliphatic rings. The zero-order chi connectivity index (χ0) is 16.7. The molecule has 0 aliphatic carbocycles. The van der Waals surface area contributed by atoms with Crippen molar-refractivity contribution in [3.8, 4) is 0 Å². The van der Waals surface area contributed by atoms with Gasteiger partial charge >= 0.3 is 0 Å². The van der Waals surface area contributed by atoms with Gasteiger partial charge in [0.05, 0.1) is 11.2 Å². The van der Waals surface area contributed by atoms with Crippen molar-refractivity contribution in [3.05, 3.63) is 82.3 Å². The lowest BCUT2D eigenvalue weighted by atomic mass is 10.1. The summed E-state index contributed by atoms with van der Waals surface area (Å²) in [6.45, 7) is 1.81. The Bertz CT molecular complexity index is 1120. The van der Waals surface area contributed by atoms with E-state index in [2.05, 4.69) is 10.4 Å². The Balaban J connectivity index is 1.86. The molecule has 5 nitrogen and oxygen atoms in total. The molecule has 2 aromatic heterocycles. The summed E-state index contributed by atoms with van der Waals surface area (Å²) in [5.74, 6) is -0.323. The molecule has 0 bridgehead atoms. The lowest BCUT2D eigenvalue weighted by Gasteiger charge is -2.12. The van der Waals surface area contributed by atoms with E-state index in [1.807, 2.05) is 37.3 Å². The number of fused-ring (bicyclic) bond motifs is 3. The number of hydrogen-bond acceptors (Lipinski definition) is 2. The van der Waals surface area contributed by atoms with Crippen LogP contribution in [0.1, 0.15) is 16.1 Å². The Kier molecular flexibility index (Phi) is 3.20. The summed E-state index contributed by atoms with van der Waals surface area (Å²) in [6.07, 6.45) is 0. The summed E-state index contributed by atoms with van der Waals surface area (Å²) in [5, 5.41) is 1.85. The van der Waals surface area contributed by atoms with Crippen LogP contribution in [-0.2, 0) is 0 Å². The highest BCUT2D eigenvalue weighted by atomic mass is 16.2. The Morgan fingerprint density at radius 3 is 2.50 bits per heavy atom. The third-order valence-corrected chi connectivity index (χ3v) is 4.18. The molecule has 24 heavy (non-hydrogen) atoms. The summed E-state index contributed by atoms with van der Waals surface area (Å²) in [6, 6.07) is 18.2. The number of H-pyrrole nitrogens is 1. The predicted molar refractivity (Wildman–Crippen MR) is 94.9 cm³/mol. The van der Waals surface area contributed by atoms with E-state index in [1.54, 1.807) is 30.3 Å². The summed E-state index contributed by atoms with van der Waals surface area (Å²) < 4.78 is 1.28. The molecule has 0 unspecified atom stereocenters. The Hall–Kier alpha value is -3.34. The fraction of sp³-hybridized carbons (Fsp3) is 0.0526. The van der Waals surface area contributed by atoms with Gasteiger partial charge in [0.2, 0.25) is 0 Å². The number of para-hydroxylation sites is 1. The van der Waals surface area contributed by atoms with E-state index < -0.39 is 0 Å². The van der Waals surface area contributed by atoms with Gasteiger partial charge in [0, 0.05) is 27.9 Å². The topological polar surface area (TPSA) is 66.9 Å². The average molecular weight is 317 g/mol. The van der Waals surface area contributed by atoms with Gasteiger partial charge < -0.3 is 4.98 Å². The highest BCUT2D eigenvalue weighted by Crippen LogP contribution is 2.25. The number of aromatic amines is 1. The highest BCUT2D eigenvalue weighted by Gasteiger charge is 2.13. The minimum absolute atomic E-state index is 0.269. The van der Waals surface area contributed by atoms with Gasteiger partial charge in [-0.15, -0.1) is 0 Å². The monoisotopic (exact) mass is 317 g/mol. The van der Waals surface area contributed by atoms with Crippen molar-refractivity contribution in [2.45, 2.75) is 6.92 Å². The number of amides is 1. The number of rotatable bonds is 2. The van der Waals surface area contributed by atoms with Crippen LogP contribution < -0.4 is 11.0 Å². The Morgan fingerprint density at radius 2 is 1.71 bits per heavy atom. The van der Waals surface area contributed by atoms with Gasteiger partial charge in [0.25, 0.3) is 11.5 Å². The van der Waals surface area contributed by atoms with Crippen LogP contribution in [0.15, 0.2) is 65.5 Å². The molecule has 0 atom stereocenters. The number of carbonyl (C=O) groups excluding carboxylic acids is 1. The van der Waals surface area contributed by atoms with Gasteiger partial charge in [0.1, 0.15) is 0 Å². The first kappa shape index (κ1) is 14.3. The van der Waals surface area contributed by atoms with E-state index in [-0.39, 0.29) is 11.5 Å². The van der Waals surface area contributed by atoms with E-state index in [1.165, 1.54) is 4.68 Å². The first-order chi connectivity index (χ1) is 11.6. The average Bonchev–Trinajstić information content (AvgIpc) is 2.98. The van der Waals surface area contributed by atoms with E-state index in [0.717, 1.165) is 21.8 Å². The number of benzene rings is 2. The smallest absolute Gasteiger partial charge is 0.270 e. The van der Waals surface area contributed by atoms with Gasteiger partial charge in [-0.25, -0.2) is 4.68 Å². The molecule has 2 aromatic carbocycles. The highest BCUT2D eigenvalue weighted by molar-refractivity contribution is 6.08. The molecular weight excluding hydrogens is 302 g/mol. The molecule has 2 heterocycles. The van der Waals surface area contributed by atoms with Crippen LogP contribution in [0.4, 0.5) is 0 Å². The Labute approximate surface area is 137 Å². The molecule has 4 aromatic rings. The van der Waals surface area contributed by atoms with E-state index >= 15 is 0 Å². The van der Waals surface area contributed by atoms with E-state index in [4.69, 9.17) is 0 Å². The summed E-state index contributed by atoms with van der Waals surface area (Å²) >= 11 is 0. The minimum Gasteiger partial charge on any atom is -0.353 e. The van der Waals surface area contributed by atoms with Crippen LogP contribution in [-0.4, -0.2) is 15.6 Å². The van der Waals surface area contributed by atoms with Gasteiger partial charge in [-0.2, -0.15) is 0 Å². The van der Waals surface area contributed by atoms with Crippen LogP contribution in [0.2, 0.25) is 0 Å². The second-order valence-electron chi connectivity index (χ2n) is 5.67. The van der Waals surface area contributed by atoms with Crippen LogP contribution in [0.25, 0.3) is 21.8 Å². The maximum atomic E-state index is 12.5. The fourth-order valence-corrected chi connectivity index (χ4v) is 2.96. The van der Waals surface area contributed by atoms with Crippen molar-refractivity contribution in [3.63, 3.8) is 0 Å². The van der Waals surface area contributed by atoms with Crippen LogP contribution >= 0.6 is 0 Å². The van der Waals surface area contributed by atoms with Gasteiger partial charge in [-0.05, 0) is 25.1 Å². The van der Waals surface area contributed by atoms with E-state index in [0.29, 0.717) is 11.3 Å². The van der Waals surface area contributed by atoms with Crippen molar-refractivity contribution >= 4 is 27.7 Å². The molecule has 0 saturated heterocycles. The zero-order valence-electron chi connectivity index (χ0n) is 13.0. The second-order valence-corrected chi connectivity index (χ2v) is 5.67. The van der Waals surface area contributed by atoms with Crippen LogP contribution in [0, 0.1) is 6.92 Å². The maximum Gasteiger partial charge on any atom is 0.270 e. The minimum atomic E-state index is -0.323. The molecule has 2 N–H and O–H groups in total. The molecule has 0 fully saturated rings. The number of nitrogens with one attached hydrogen (secondary N) is 2. The first-order valence-corrected chi connectivity index (χ1v) is 7.64. The van der Waals surface area contributed by atoms with Crippen LogP contribution in [0.5, 0.6) is 0 Å². The number of pyridine rings is 1.